The Kier molecular flexibility index (Phi) is 4.48. The van der Waals surface area contributed by atoms with Gasteiger partial charge in [-0.15, -0.1) is 0 Å². The molecule has 124 valence electrons. The van der Waals surface area contributed by atoms with Gasteiger partial charge in [-0.3, -0.25) is 0 Å². The van der Waals surface area contributed by atoms with Crippen molar-refractivity contribution in [3.05, 3.63) is 59.9 Å². The van der Waals surface area contributed by atoms with Crippen LogP contribution in [0.5, 0.6) is 5.75 Å². The zero-order chi connectivity index (χ0) is 17.1. The highest BCUT2D eigenvalue weighted by atomic mass is 16.5. The number of aryl methyl sites for hydroxylation is 1. The minimum atomic E-state index is -1.26. The zero-order valence-corrected chi connectivity index (χ0v) is 13.2. The number of carboxylic acids is 1. The molecule has 6 heteroatoms. The molecule has 0 saturated carbocycles. The van der Waals surface area contributed by atoms with Crippen molar-refractivity contribution in [3.8, 4) is 5.75 Å². The lowest BCUT2D eigenvalue weighted by Crippen LogP contribution is -2.24. The molecule has 0 radical (unpaired) electrons. The van der Waals surface area contributed by atoms with Gasteiger partial charge in [-0.25, -0.2) is 4.98 Å². The highest BCUT2D eigenvalue weighted by molar-refractivity contribution is 5.86. The van der Waals surface area contributed by atoms with Gasteiger partial charge in [0.05, 0.1) is 23.5 Å². The SMILES string of the molecule is Cc1nc2ccccc2n1C[C@@H](O)COc1cccc(C(=O)[O-])c1. The first-order valence-electron chi connectivity index (χ1n) is 7.59. The molecule has 0 unspecified atom stereocenters. The van der Waals surface area contributed by atoms with Crippen molar-refractivity contribution >= 4 is 17.0 Å². The quantitative estimate of drug-likeness (QED) is 0.734. The van der Waals surface area contributed by atoms with E-state index in [1.807, 2.05) is 35.8 Å². The van der Waals surface area contributed by atoms with Crippen molar-refractivity contribution in [1.82, 2.24) is 9.55 Å². The molecule has 6 nitrogen and oxygen atoms in total. The first-order chi connectivity index (χ1) is 11.5. The van der Waals surface area contributed by atoms with Gasteiger partial charge in [0.2, 0.25) is 0 Å². The summed E-state index contributed by atoms with van der Waals surface area (Å²) in [5.41, 5.74) is 1.87. The third-order valence-electron chi connectivity index (χ3n) is 3.75. The molecule has 0 saturated heterocycles. The fraction of sp³-hybridized carbons (Fsp3) is 0.222. The highest BCUT2D eigenvalue weighted by Gasteiger charge is 2.12. The van der Waals surface area contributed by atoms with E-state index in [9.17, 15) is 15.0 Å². The maximum Gasteiger partial charge on any atom is 0.120 e. The summed E-state index contributed by atoms with van der Waals surface area (Å²) >= 11 is 0. The molecule has 3 rings (SSSR count). The molecular formula is C18H17N2O4-. The van der Waals surface area contributed by atoms with Gasteiger partial charge in [-0.05, 0) is 31.2 Å². The number of para-hydroxylation sites is 2. The lowest BCUT2D eigenvalue weighted by atomic mass is 10.2. The fourth-order valence-corrected chi connectivity index (χ4v) is 2.60. The Bertz CT molecular complexity index is 872. The summed E-state index contributed by atoms with van der Waals surface area (Å²) in [4.78, 5) is 15.3. The van der Waals surface area contributed by atoms with Crippen molar-refractivity contribution in [1.29, 1.82) is 0 Å². The third kappa shape index (κ3) is 3.38. The second kappa shape index (κ2) is 6.72. The number of aromatic carboxylic acids is 1. The Morgan fingerprint density at radius 3 is 2.88 bits per heavy atom. The van der Waals surface area contributed by atoms with Crippen LogP contribution in [0.15, 0.2) is 48.5 Å². The number of nitrogens with zero attached hydrogens (tertiary/aromatic N) is 2. The summed E-state index contributed by atoms with van der Waals surface area (Å²) in [6.07, 6.45) is -0.757. The molecule has 1 atom stereocenters. The summed E-state index contributed by atoms with van der Waals surface area (Å²) in [6, 6.07) is 13.7. The van der Waals surface area contributed by atoms with Gasteiger partial charge in [0.25, 0.3) is 0 Å². The van der Waals surface area contributed by atoms with Crippen LogP contribution in [0.3, 0.4) is 0 Å². The number of hydrogen-bond donors (Lipinski definition) is 1. The lowest BCUT2D eigenvalue weighted by Gasteiger charge is -2.15. The first kappa shape index (κ1) is 16.0. The Labute approximate surface area is 138 Å². The number of aliphatic hydroxyl groups is 1. The Hall–Kier alpha value is -2.86. The van der Waals surface area contributed by atoms with Crippen LogP contribution in [0.25, 0.3) is 11.0 Å². The van der Waals surface area contributed by atoms with E-state index in [4.69, 9.17) is 4.74 Å². The molecule has 2 aromatic carbocycles. The smallest absolute Gasteiger partial charge is 0.120 e. The van der Waals surface area contributed by atoms with Crippen LogP contribution in [0, 0.1) is 6.92 Å². The number of carbonyl (C=O) groups is 1. The number of carboxylic acid groups (broad SMARTS) is 1. The van der Waals surface area contributed by atoms with Crippen molar-refractivity contribution in [2.24, 2.45) is 0 Å². The van der Waals surface area contributed by atoms with E-state index in [1.165, 1.54) is 12.1 Å². The van der Waals surface area contributed by atoms with E-state index in [-0.39, 0.29) is 12.2 Å². The van der Waals surface area contributed by atoms with Gasteiger partial charge < -0.3 is 24.3 Å². The molecule has 1 aromatic heterocycles. The van der Waals surface area contributed by atoms with Gasteiger partial charge in [0, 0.05) is 5.56 Å². The van der Waals surface area contributed by atoms with Crippen molar-refractivity contribution < 1.29 is 19.7 Å². The number of ether oxygens (including phenoxy) is 1. The molecule has 0 aliphatic carbocycles. The molecular weight excluding hydrogens is 308 g/mol. The molecule has 0 amide bonds. The van der Waals surface area contributed by atoms with Crippen LogP contribution in [-0.2, 0) is 6.54 Å². The number of aliphatic hydroxyl groups excluding tert-OH is 1. The average Bonchev–Trinajstić information content (AvgIpc) is 2.89. The van der Waals surface area contributed by atoms with Crippen LogP contribution in [0.4, 0.5) is 0 Å². The van der Waals surface area contributed by atoms with Crippen LogP contribution in [0.1, 0.15) is 16.2 Å². The largest absolute Gasteiger partial charge is 0.545 e. The van der Waals surface area contributed by atoms with Gasteiger partial charge >= 0.3 is 0 Å². The average molecular weight is 325 g/mol. The summed E-state index contributed by atoms with van der Waals surface area (Å²) in [5.74, 6) is -0.0707. The molecule has 0 aliphatic heterocycles. The predicted octanol–water partition coefficient (Wildman–Crippen LogP) is 1.15. The normalized spacial score (nSPS) is 12.2. The Balaban J connectivity index is 1.67. The van der Waals surface area contributed by atoms with E-state index in [0.717, 1.165) is 16.9 Å². The number of imidazole rings is 1. The summed E-state index contributed by atoms with van der Waals surface area (Å²) in [6.45, 7) is 2.27. The van der Waals surface area contributed by atoms with Gasteiger partial charge in [-0.1, -0.05) is 24.3 Å². The Morgan fingerprint density at radius 1 is 1.29 bits per heavy atom. The van der Waals surface area contributed by atoms with E-state index in [1.54, 1.807) is 12.1 Å². The van der Waals surface area contributed by atoms with E-state index >= 15 is 0 Å². The molecule has 0 fully saturated rings. The number of benzene rings is 2. The monoisotopic (exact) mass is 325 g/mol. The maximum atomic E-state index is 10.8. The maximum absolute atomic E-state index is 10.8. The minimum Gasteiger partial charge on any atom is -0.545 e. The van der Waals surface area contributed by atoms with Crippen molar-refractivity contribution in [3.63, 3.8) is 0 Å². The van der Waals surface area contributed by atoms with Gasteiger partial charge in [-0.2, -0.15) is 0 Å². The second-order valence-electron chi connectivity index (χ2n) is 5.54. The lowest BCUT2D eigenvalue weighted by molar-refractivity contribution is -0.255. The van der Waals surface area contributed by atoms with Crippen LogP contribution < -0.4 is 9.84 Å². The molecule has 24 heavy (non-hydrogen) atoms. The molecule has 1 heterocycles. The van der Waals surface area contributed by atoms with E-state index < -0.39 is 12.1 Å². The fourth-order valence-electron chi connectivity index (χ4n) is 2.60. The molecule has 3 aromatic rings. The summed E-state index contributed by atoms with van der Waals surface area (Å²) in [5, 5.41) is 21.1. The van der Waals surface area contributed by atoms with E-state index in [0.29, 0.717) is 12.3 Å². The van der Waals surface area contributed by atoms with Crippen molar-refractivity contribution in [2.75, 3.05) is 6.61 Å². The zero-order valence-electron chi connectivity index (χ0n) is 13.2. The highest BCUT2D eigenvalue weighted by Crippen LogP contribution is 2.17. The standard InChI is InChI=1S/C18H18N2O4/c1-12-19-16-7-2-3-8-17(16)20(12)10-14(21)11-24-15-6-4-5-13(9-15)18(22)23/h2-9,14,21H,10-11H2,1H3,(H,22,23)/p-1/t14-/m1/s1. The molecule has 0 spiro atoms. The van der Waals surface area contributed by atoms with Crippen LogP contribution >= 0.6 is 0 Å². The summed E-state index contributed by atoms with van der Waals surface area (Å²) in [7, 11) is 0. The first-order valence-corrected chi connectivity index (χ1v) is 7.59. The molecule has 1 N–H and O–H groups in total. The number of hydrogen-bond acceptors (Lipinski definition) is 5. The van der Waals surface area contributed by atoms with Crippen molar-refractivity contribution in [2.45, 2.75) is 19.6 Å². The van der Waals surface area contributed by atoms with Crippen LogP contribution in [0.2, 0.25) is 0 Å². The Morgan fingerprint density at radius 2 is 2.08 bits per heavy atom. The number of rotatable bonds is 6. The topological polar surface area (TPSA) is 87.4 Å². The van der Waals surface area contributed by atoms with Crippen LogP contribution in [-0.4, -0.2) is 33.3 Å². The minimum absolute atomic E-state index is 0.0402. The number of aromatic nitrogens is 2. The van der Waals surface area contributed by atoms with Gasteiger partial charge in [0.1, 0.15) is 24.3 Å². The number of carbonyl (C=O) groups excluding carboxylic acids is 1. The van der Waals surface area contributed by atoms with Gasteiger partial charge in [0.15, 0.2) is 0 Å². The summed E-state index contributed by atoms with van der Waals surface area (Å²) < 4.78 is 7.42. The third-order valence-corrected chi connectivity index (χ3v) is 3.75. The molecule has 0 aliphatic rings. The molecule has 0 bridgehead atoms. The van der Waals surface area contributed by atoms with E-state index in [2.05, 4.69) is 4.98 Å². The number of fused-ring (bicyclic) bond motifs is 1. The predicted molar refractivity (Wildman–Crippen MR) is 86.7 cm³/mol. The second-order valence-corrected chi connectivity index (χ2v) is 5.54.